The molecule has 25 heavy (non-hydrogen) atoms. The number of hydrogen-bond donors (Lipinski definition) is 0. The van der Waals surface area contributed by atoms with Crippen LogP contribution in [-0.4, -0.2) is 53.6 Å². The molecule has 3 rings (SSSR count). The Balaban J connectivity index is 1.60. The highest BCUT2D eigenvalue weighted by Gasteiger charge is 2.22. The van der Waals surface area contributed by atoms with Gasteiger partial charge in [-0.1, -0.05) is 12.1 Å². The predicted octanol–water partition coefficient (Wildman–Crippen LogP) is 2.69. The van der Waals surface area contributed by atoms with Crippen molar-refractivity contribution in [1.82, 2.24) is 14.4 Å². The molecule has 0 aliphatic carbocycles. The zero-order valence-corrected chi connectivity index (χ0v) is 15.4. The van der Waals surface area contributed by atoms with Crippen molar-refractivity contribution in [1.29, 1.82) is 0 Å². The lowest BCUT2D eigenvalue weighted by Crippen LogP contribution is -2.36. The minimum absolute atomic E-state index is 0.141. The van der Waals surface area contributed by atoms with Gasteiger partial charge in [-0.05, 0) is 43.2 Å². The second-order valence-electron chi connectivity index (χ2n) is 6.69. The molecule has 5 heteroatoms. The zero-order chi connectivity index (χ0) is 17.8. The number of rotatable bonds is 4. The van der Waals surface area contributed by atoms with E-state index in [1.54, 1.807) is 7.11 Å². The maximum atomic E-state index is 12.8. The summed E-state index contributed by atoms with van der Waals surface area (Å²) in [5.41, 5.74) is 3.17. The first-order valence-electron chi connectivity index (χ1n) is 8.85. The zero-order valence-electron chi connectivity index (χ0n) is 15.4. The van der Waals surface area contributed by atoms with Crippen LogP contribution in [0.1, 0.15) is 28.2 Å². The van der Waals surface area contributed by atoms with Crippen molar-refractivity contribution < 1.29 is 9.53 Å². The predicted molar refractivity (Wildman–Crippen MR) is 98.9 cm³/mol. The van der Waals surface area contributed by atoms with Crippen LogP contribution >= 0.6 is 0 Å². The van der Waals surface area contributed by atoms with Gasteiger partial charge in [0.1, 0.15) is 11.4 Å². The molecule has 1 aliphatic heterocycles. The Labute approximate surface area is 149 Å². The molecule has 134 valence electrons. The van der Waals surface area contributed by atoms with Crippen molar-refractivity contribution >= 4 is 5.91 Å². The maximum Gasteiger partial charge on any atom is 0.270 e. The SMILES string of the molecule is COc1ccc(CN2CCCN(C(=O)c3ccc(C)n3C)CC2)cc1. The van der Waals surface area contributed by atoms with Gasteiger partial charge < -0.3 is 14.2 Å². The van der Waals surface area contributed by atoms with Crippen molar-refractivity contribution in [2.24, 2.45) is 7.05 Å². The fraction of sp³-hybridized carbons (Fsp3) is 0.450. The van der Waals surface area contributed by atoms with Gasteiger partial charge in [0, 0.05) is 45.5 Å². The van der Waals surface area contributed by atoms with Gasteiger partial charge in [0.25, 0.3) is 5.91 Å². The molecule has 2 heterocycles. The number of amides is 1. The average molecular weight is 341 g/mol. The molecule has 0 bridgehead atoms. The van der Waals surface area contributed by atoms with Gasteiger partial charge >= 0.3 is 0 Å². The second-order valence-corrected chi connectivity index (χ2v) is 6.69. The number of aryl methyl sites for hydroxylation is 1. The summed E-state index contributed by atoms with van der Waals surface area (Å²) in [6.45, 7) is 6.45. The summed E-state index contributed by atoms with van der Waals surface area (Å²) >= 11 is 0. The summed E-state index contributed by atoms with van der Waals surface area (Å²) in [7, 11) is 3.64. The molecule has 0 radical (unpaired) electrons. The third-order valence-electron chi connectivity index (χ3n) is 5.03. The molecule has 0 saturated carbocycles. The Morgan fingerprint density at radius 3 is 2.44 bits per heavy atom. The summed E-state index contributed by atoms with van der Waals surface area (Å²) in [6, 6.07) is 12.2. The van der Waals surface area contributed by atoms with Crippen LogP contribution in [0.15, 0.2) is 36.4 Å². The molecular weight excluding hydrogens is 314 g/mol. The summed E-state index contributed by atoms with van der Waals surface area (Å²) in [5, 5.41) is 0. The summed E-state index contributed by atoms with van der Waals surface area (Å²) in [6.07, 6.45) is 1.01. The van der Waals surface area contributed by atoms with E-state index in [0.717, 1.165) is 56.3 Å². The van der Waals surface area contributed by atoms with Crippen LogP contribution < -0.4 is 4.74 Å². The van der Waals surface area contributed by atoms with Gasteiger partial charge in [0.05, 0.1) is 7.11 Å². The van der Waals surface area contributed by atoms with E-state index in [0.29, 0.717) is 0 Å². The Kier molecular flexibility index (Phi) is 5.43. The Morgan fingerprint density at radius 2 is 1.80 bits per heavy atom. The molecule has 1 aliphatic rings. The average Bonchev–Trinajstić information content (AvgIpc) is 2.83. The molecular formula is C20H27N3O2. The van der Waals surface area contributed by atoms with E-state index in [2.05, 4.69) is 17.0 Å². The lowest BCUT2D eigenvalue weighted by molar-refractivity contribution is 0.0751. The second kappa shape index (κ2) is 7.74. The van der Waals surface area contributed by atoms with Crippen molar-refractivity contribution in [3.8, 4) is 5.75 Å². The normalized spacial score (nSPS) is 15.9. The van der Waals surface area contributed by atoms with E-state index in [-0.39, 0.29) is 5.91 Å². The number of ether oxygens (including phenoxy) is 1. The number of carbonyl (C=O) groups excluding carboxylic acids is 1. The van der Waals surface area contributed by atoms with Crippen LogP contribution in [-0.2, 0) is 13.6 Å². The molecule has 0 unspecified atom stereocenters. The van der Waals surface area contributed by atoms with Gasteiger partial charge in [-0.2, -0.15) is 0 Å². The first-order valence-corrected chi connectivity index (χ1v) is 8.85. The number of aromatic nitrogens is 1. The highest BCUT2D eigenvalue weighted by molar-refractivity contribution is 5.93. The summed E-state index contributed by atoms with van der Waals surface area (Å²) in [4.78, 5) is 17.2. The topological polar surface area (TPSA) is 37.7 Å². The van der Waals surface area contributed by atoms with Gasteiger partial charge in [0.2, 0.25) is 0 Å². The molecule has 2 aromatic rings. The minimum atomic E-state index is 0.141. The quantitative estimate of drug-likeness (QED) is 0.858. The number of hydrogen-bond acceptors (Lipinski definition) is 3. The van der Waals surface area contributed by atoms with Crippen molar-refractivity contribution in [2.45, 2.75) is 19.9 Å². The van der Waals surface area contributed by atoms with Crippen LogP contribution in [0.3, 0.4) is 0 Å². The van der Waals surface area contributed by atoms with Gasteiger partial charge in [-0.25, -0.2) is 0 Å². The van der Waals surface area contributed by atoms with Crippen LogP contribution in [0.4, 0.5) is 0 Å². The van der Waals surface area contributed by atoms with Gasteiger partial charge in [-0.15, -0.1) is 0 Å². The van der Waals surface area contributed by atoms with E-state index < -0.39 is 0 Å². The van der Waals surface area contributed by atoms with Crippen LogP contribution in [0, 0.1) is 6.92 Å². The van der Waals surface area contributed by atoms with E-state index in [1.807, 2.05) is 47.7 Å². The molecule has 5 nitrogen and oxygen atoms in total. The number of carbonyl (C=O) groups is 1. The third-order valence-corrected chi connectivity index (χ3v) is 5.03. The van der Waals surface area contributed by atoms with Crippen molar-refractivity contribution in [3.05, 3.63) is 53.3 Å². The lowest BCUT2D eigenvalue weighted by Gasteiger charge is -2.22. The highest BCUT2D eigenvalue weighted by atomic mass is 16.5. The first-order chi connectivity index (χ1) is 12.1. The fourth-order valence-electron chi connectivity index (χ4n) is 3.31. The monoisotopic (exact) mass is 341 g/mol. The number of benzene rings is 1. The molecule has 0 spiro atoms. The number of methoxy groups -OCH3 is 1. The van der Waals surface area contributed by atoms with Gasteiger partial charge in [0.15, 0.2) is 0 Å². The highest BCUT2D eigenvalue weighted by Crippen LogP contribution is 2.16. The minimum Gasteiger partial charge on any atom is -0.497 e. The van der Waals surface area contributed by atoms with Crippen LogP contribution in [0.2, 0.25) is 0 Å². The molecule has 1 saturated heterocycles. The van der Waals surface area contributed by atoms with E-state index in [1.165, 1.54) is 5.56 Å². The molecule has 1 amide bonds. The molecule has 1 aromatic carbocycles. The Bertz CT molecular complexity index is 721. The smallest absolute Gasteiger partial charge is 0.270 e. The summed E-state index contributed by atoms with van der Waals surface area (Å²) < 4.78 is 7.19. The van der Waals surface area contributed by atoms with E-state index in [9.17, 15) is 4.79 Å². The molecule has 0 N–H and O–H groups in total. The Morgan fingerprint density at radius 1 is 1.04 bits per heavy atom. The number of nitrogens with zero attached hydrogens (tertiary/aromatic N) is 3. The molecule has 1 fully saturated rings. The summed E-state index contributed by atoms with van der Waals surface area (Å²) in [5.74, 6) is 1.02. The van der Waals surface area contributed by atoms with E-state index in [4.69, 9.17) is 4.74 Å². The third kappa shape index (κ3) is 4.04. The standard InChI is InChI=1S/C20H27N3O2/c1-16-5-10-19(21(16)2)20(24)23-12-4-11-22(13-14-23)15-17-6-8-18(25-3)9-7-17/h5-10H,4,11-15H2,1-3H3. The largest absolute Gasteiger partial charge is 0.497 e. The van der Waals surface area contributed by atoms with Crippen molar-refractivity contribution in [2.75, 3.05) is 33.3 Å². The lowest BCUT2D eigenvalue weighted by atomic mass is 10.2. The Hall–Kier alpha value is -2.27. The van der Waals surface area contributed by atoms with Crippen LogP contribution in [0.5, 0.6) is 5.75 Å². The van der Waals surface area contributed by atoms with E-state index >= 15 is 0 Å². The van der Waals surface area contributed by atoms with Crippen LogP contribution in [0.25, 0.3) is 0 Å². The van der Waals surface area contributed by atoms with Gasteiger partial charge in [-0.3, -0.25) is 9.69 Å². The first kappa shape index (κ1) is 17.5. The molecule has 0 atom stereocenters. The fourth-order valence-corrected chi connectivity index (χ4v) is 3.31. The maximum absolute atomic E-state index is 12.8. The van der Waals surface area contributed by atoms with Crippen molar-refractivity contribution in [3.63, 3.8) is 0 Å². The molecule has 1 aromatic heterocycles.